The predicted molar refractivity (Wildman–Crippen MR) is 83.3 cm³/mol. The van der Waals surface area contributed by atoms with Gasteiger partial charge >= 0.3 is 0 Å². The highest BCUT2D eigenvalue weighted by Gasteiger charge is 2.12. The van der Waals surface area contributed by atoms with Crippen LogP contribution in [0.1, 0.15) is 52.1 Å². The highest BCUT2D eigenvalue weighted by atomic mass is 32.2. The monoisotopic (exact) mass is 265 g/mol. The number of hydrogen-bond acceptors (Lipinski definition) is 2. The summed E-state index contributed by atoms with van der Waals surface area (Å²) in [4.78, 5) is 1.45. The van der Waals surface area contributed by atoms with Crippen molar-refractivity contribution in [1.82, 2.24) is 5.32 Å². The van der Waals surface area contributed by atoms with Gasteiger partial charge in [0.25, 0.3) is 0 Å². The maximum atomic E-state index is 3.58. The first-order valence-electron chi connectivity index (χ1n) is 7.17. The van der Waals surface area contributed by atoms with Gasteiger partial charge in [0.1, 0.15) is 0 Å². The number of benzene rings is 1. The molecule has 0 bridgehead atoms. The number of hydrogen-bond donors (Lipinski definition) is 1. The van der Waals surface area contributed by atoms with Gasteiger partial charge in [-0.15, -0.1) is 11.8 Å². The topological polar surface area (TPSA) is 12.0 Å². The van der Waals surface area contributed by atoms with Crippen LogP contribution in [0.15, 0.2) is 29.2 Å². The van der Waals surface area contributed by atoms with Gasteiger partial charge < -0.3 is 5.32 Å². The molecule has 0 aromatic heterocycles. The largest absolute Gasteiger partial charge is 0.310 e. The lowest BCUT2D eigenvalue weighted by Crippen LogP contribution is -2.20. The molecule has 1 nitrogen and oxygen atoms in total. The van der Waals surface area contributed by atoms with Gasteiger partial charge in [-0.2, -0.15) is 0 Å². The standard InChI is InChI=1S/C16H27NS/c1-5-13(4)12-18-16-11-9-8-10-14(16)15(6-2)17-7-3/h8-11,13,15,17H,5-7,12H2,1-4H3. The highest BCUT2D eigenvalue weighted by Crippen LogP contribution is 2.30. The predicted octanol–water partition coefficient (Wildman–Crippen LogP) is 4.89. The fraction of sp³-hybridized carbons (Fsp3) is 0.625. The van der Waals surface area contributed by atoms with E-state index in [1.807, 2.05) is 11.8 Å². The van der Waals surface area contributed by atoms with Crippen LogP contribution >= 0.6 is 11.8 Å². The second kappa shape index (κ2) is 8.60. The Bertz CT molecular complexity index is 338. The van der Waals surface area contributed by atoms with Crippen molar-refractivity contribution < 1.29 is 0 Å². The Morgan fingerprint density at radius 1 is 1.11 bits per heavy atom. The van der Waals surface area contributed by atoms with E-state index < -0.39 is 0 Å². The minimum Gasteiger partial charge on any atom is -0.310 e. The van der Waals surface area contributed by atoms with Crippen LogP contribution in [-0.4, -0.2) is 12.3 Å². The van der Waals surface area contributed by atoms with Gasteiger partial charge in [0.2, 0.25) is 0 Å². The maximum absolute atomic E-state index is 3.58. The molecule has 102 valence electrons. The van der Waals surface area contributed by atoms with Crippen LogP contribution in [0, 0.1) is 5.92 Å². The Kier molecular flexibility index (Phi) is 7.45. The molecule has 0 saturated heterocycles. The lowest BCUT2D eigenvalue weighted by Gasteiger charge is -2.20. The van der Waals surface area contributed by atoms with Crippen molar-refractivity contribution in [2.24, 2.45) is 5.92 Å². The summed E-state index contributed by atoms with van der Waals surface area (Å²) >= 11 is 2.01. The maximum Gasteiger partial charge on any atom is 0.0328 e. The van der Waals surface area contributed by atoms with Gasteiger partial charge in [-0.25, -0.2) is 0 Å². The normalized spacial score (nSPS) is 14.4. The fourth-order valence-corrected chi connectivity index (χ4v) is 3.22. The van der Waals surface area contributed by atoms with Crippen LogP contribution in [0.2, 0.25) is 0 Å². The molecule has 0 aliphatic carbocycles. The molecule has 2 unspecified atom stereocenters. The third-order valence-electron chi connectivity index (χ3n) is 3.37. The zero-order valence-corrected chi connectivity index (χ0v) is 13.0. The molecule has 2 heteroatoms. The molecular formula is C16H27NS. The Labute approximate surface area is 117 Å². The summed E-state index contributed by atoms with van der Waals surface area (Å²) in [5.41, 5.74) is 1.47. The van der Waals surface area contributed by atoms with Crippen LogP contribution in [0.3, 0.4) is 0 Å². The van der Waals surface area contributed by atoms with Crippen molar-refractivity contribution in [2.45, 2.75) is 51.5 Å². The first kappa shape index (κ1) is 15.6. The quantitative estimate of drug-likeness (QED) is 0.672. The van der Waals surface area contributed by atoms with Gasteiger partial charge in [0.15, 0.2) is 0 Å². The molecule has 0 aliphatic rings. The average Bonchev–Trinajstić information content (AvgIpc) is 2.42. The molecule has 18 heavy (non-hydrogen) atoms. The van der Waals surface area contributed by atoms with Crippen LogP contribution in [0.5, 0.6) is 0 Å². The zero-order valence-electron chi connectivity index (χ0n) is 12.2. The molecule has 1 N–H and O–H groups in total. The van der Waals surface area contributed by atoms with E-state index in [2.05, 4.69) is 57.3 Å². The summed E-state index contributed by atoms with van der Waals surface area (Å²) in [5, 5.41) is 3.58. The van der Waals surface area contributed by atoms with Gasteiger partial charge in [0, 0.05) is 16.7 Å². The summed E-state index contributed by atoms with van der Waals surface area (Å²) in [6.45, 7) is 10.1. The molecular weight excluding hydrogens is 238 g/mol. The van der Waals surface area contributed by atoms with Crippen molar-refractivity contribution in [2.75, 3.05) is 12.3 Å². The van der Waals surface area contributed by atoms with E-state index in [1.54, 1.807) is 0 Å². The molecule has 1 rings (SSSR count). The zero-order chi connectivity index (χ0) is 13.4. The fourth-order valence-electron chi connectivity index (χ4n) is 1.97. The average molecular weight is 265 g/mol. The van der Waals surface area contributed by atoms with Crippen molar-refractivity contribution >= 4 is 11.8 Å². The second-order valence-electron chi connectivity index (χ2n) is 4.88. The van der Waals surface area contributed by atoms with Gasteiger partial charge in [-0.05, 0) is 30.5 Å². The van der Waals surface area contributed by atoms with Crippen molar-refractivity contribution in [1.29, 1.82) is 0 Å². The van der Waals surface area contributed by atoms with Crippen molar-refractivity contribution in [3.05, 3.63) is 29.8 Å². The molecule has 0 amide bonds. The highest BCUT2D eigenvalue weighted by molar-refractivity contribution is 7.99. The Morgan fingerprint density at radius 3 is 2.44 bits per heavy atom. The van der Waals surface area contributed by atoms with E-state index in [0.29, 0.717) is 6.04 Å². The van der Waals surface area contributed by atoms with Crippen molar-refractivity contribution in [3.8, 4) is 0 Å². The van der Waals surface area contributed by atoms with E-state index in [1.165, 1.54) is 22.6 Å². The van der Waals surface area contributed by atoms with Crippen LogP contribution in [0.4, 0.5) is 0 Å². The lowest BCUT2D eigenvalue weighted by atomic mass is 10.0. The number of nitrogens with one attached hydrogen (secondary N) is 1. The smallest absolute Gasteiger partial charge is 0.0328 e. The summed E-state index contributed by atoms with van der Waals surface area (Å²) in [5.74, 6) is 2.01. The summed E-state index contributed by atoms with van der Waals surface area (Å²) in [7, 11) is 0. The minimum absolute atomic E-state index is 0.496. The molecule has 0 radical (unpaired) electrons. The molecule has 0 aliphatic heterocycles. The molecule has 0 spiro atoms. The van der Waals surface area contributed by atoms with Crippen molar-refractivity contribution in [3.63, 3.8) is 0 Å². The Hall–Kier alpha value is -0.470. The van der Waals surface area contributed by atoms with E-state index in [9.17, 15) is 0 Å². The molecule has 2 atom stereocenters. The van der Waals surface area contributed by atoms with Gasteiger partial charge in [0.05, 0.1) is 0 Å². The van der Waals surface area contributed by atoms with Crippen LogP contribution in [-0.2, 0) is 0 Å². The molecule has 0 heterocycles. The first-order chi connectivity index (χ1) is 8.72. The molecule has 0 fully saturated rings. The SMILES string of the molecule is CCNC(CC)c1ccccc1SCC(C)CC. The summed E-state index contributed by atoms with van der Waals surface area (Å²) in [6, 6.07) is 9.35. The minimum atomic E-state index is 0.496. The van der Waals surface area contributed by atoms with Crippen LogP contribution in [0.25, 0.3) is 0 Å². The third-order valence-corrected chi connectivity index (χ3v) is 4.79. The Balaban J connectivity index is 2.77. The van der Waals surface area contributed by atoms with Gasteiger partial charge in [-0.1, -0.05) is 52.3 Å². The second-order valence-corrected chi connectivity index (χ2v) is 5.94. The van der Waals surface area contributed by atoms with Gasteiger partial charge in [-0.3, -0.25) is 0 Å². The molecule has 1 aromatic rings. The first-order valence-corrected chi connectivity index (χ1v) is 8.16. The van der Waals surface area contributed by atoms with Crippen LogP contribution < -0.4 is 5.32 Å². The lowest BCUT2D eigenvalue weighted by molar-refractivity contribution is 0.530. The van der Waals surface area contributed by atoms with E-state index in [0.717, 1.165) is 18.9 Å². The van der Waals surface area contributed by atoms with E-state index in [-0.39, 0.29) is 0 Å². The summed E-state index contributed by atoms with van der Waals surface area (Å²) < 4.78 is 0. The van der Waals surface area contributed by atoms with E-state index in [4.69, 9.17) is 0 Å². The molecule has 1 aromatic carbocycles. The van der Waals surface area contributed by atoms with E-state index >= 15 is 0 Å². The number of rotatable bonds is 8. The molecule has 0 saturated carbocycles. The third kappa shape index (κ3) is 4.66. The number of thioether (sulfide) groups is 1. The Morgan fingerprint density at radius 2 is 1.83 bits per heavy atom. The summed E-state index contributed by atoms with van der Waals surface area (Å²) in [6.07, 6.45) is 2.41.